The molecule has 2 N–H and O–H groups in total. The zero-order valence-corrected chi connectivity index (χ0v) is 22.4. The topological polar surface area (TPSA) is 103 Å². The number of aliphatic hydroxyl groups is 1. The molecule has 0 aliphatic carbocycles. The third-order valence-corrected chi connectivity index (χ3v) is 8.25. The van der Waals surface area contributed by atoms with E-state index in [1.807, 2.05) is 24.4 Å². The highest BCUT2D eigenvalue weighted by atomic mass is 32.2. The van der Waals surface area contributed by atoms with Crippen molar-refractivity contribution in [3.63, 3.8) is 0 Å². The minimum atomic E-state index is 0.132. The Kier molecular flexibility index (Phi) is 7.96. The Balaban J connectivity index is 1.33. The van der Waals surface area contributed by atoms with Crippen molar-refractivity contribution in [1.29, 1.82) is 0 Å². The van der Waals surface area contributed by atoms with Crippen molar-refractivity contribution in [3.8, 4) is 22.9 Å². The van der Waals surface area contributed by atoms with Crippen LogP contribution in [0.2, 0.25) is 0 Å². The Hall–Kier alpha value is -2.86. The second-order valence-electron chi connectivity index (χ2n) is 9.96. The zero-order valence-electron chi connectivity index (χ0n) is 21.6. The van der Waals surface area contributed by atoms with Crippen LogP contribution in [0.4, 0.5) is 17.2 Å². The Morgan fingerprint density at radius 3 is 2.63 bits per heavy atom. The van der Waals surface area contributed by atoms with E-state index in [1.165, 1.54) is 11.9 Å². The van der Waals surface area contributed by atoms with Crippen LogP contribution in [0.15, 0.2) is 40.9 Å². The molecule has 8 bridgehead atoms. The Morgan fingerprint density at radius 2 is 1.79 bits per heavy atom. The van der Waals surface area contributed by atoms with Gasteiger partial charge >= 0.3 is 0 Å². The Labute approximate surface area is 227 Å². The van der Waals surface area contributed by atoms with Gasteiger partial charge in [0.25, 0.3) is 0 Å². The molecule has 6 aliphatic heterocycles. The standard InChI is InChI=1S/C27H35N7O3S/c35-15-17-38-31-21-2-3-23-24(19-21)33-9-5-22(6-10-33)36-16-1-8-32-11-13-34(14-12-32)25-18-20(4-7-28-25)26-29-30-27(23)37-26/h2-4,7,18-19,22,31,35H,1,5-6,8-17H2. The van der Waals surface area contributed by atoms with Crippen molar-refractivity contribution in [1.82, 2.24) is 20.1 Å². The fraction of sp³-hybridized carbons (Fsp3) is 0.519. The largest absolute Gasteiger partial charge is 0.416 e. The molecule has 0 radical (unpaired) electrons. The highest BCUT2D eigenvalue weighted by molar-refractivity contribution is 8.00. The van der Waals surface area contributed by atoms with Crippen LogP contribution in [0.25, 0.3) is 22.9 Å². The molecule has 202 valence electrons. The molecule has 0 saturated carbocycles. The van der Waals surface area contributed by atoms with Gasteiger partial charge in [-0.2, -0.15) is 0 Å². The molecular formula is C27H35N7O3S. The number of nitrogens with one attached hydrogen (secondary N) is 1. The third kappa shape index (κ3) is 5.75. The minimum Gasteiger partial charge on any atom is -0.416 e. The molecule has 0 atom stereocenters. The molecule has 6 aliphatic rings. The average molecular weight is 538 g/mol. The van der Waals surface area contributed by atoms with E-state index in [1.54, 1.807) is 0 Å². The van der Waals surface area contributed by atoms with Gasteiger partial charge in [-0.15, -0.1) is 10.2 Å². The maximum absolute atomic E-state index is 9.16. The molecule has 0 amide bonds. The quantitative estimate of drug-likeness (QED) is 0.378. The molecule has 8 heterocycles. The SMILES string of the molecule is OCCSNc1ccc2c(c1)N1CCC(CC1)OCCCN1CCN(CC1)c1cc(ccn1)-c1nnc-2o1. The highest BCUT2D eigenvalue weighted by Crippen LogP contribution is 2.36. The first kappa shape index (κ1) is 25.4. The van der Waals surface area contributed by atoms with Crippen LogP contribution in [0.1, 0.15) is 19.3 Å². The Morgan fingerprint density at radius 1 is 0.947 bits per heavy atom. The molecule has 0 unspecified atom stereocenters. The number of piperazine rings is 1. The summed E-state index contributed by atoms with van der Waals surface area (Å²) >= 11 is 1.49. The second kappa shape index (κ2) is 11.9. The number of hydrogen-bond acceptors (Lipinski definition) is 11. The lowest BCUT2D eigenvalue weighted by Crippen LogP contribution is -2.47. The molecule has 10 nitrogen and oxygen atoms in total. The van der Waals surface area contributed by atoms with Crippen LogP contribution >= 0.6 is 11.9 Å². The van der Waals surface area contributed by atoms with Gasteiger partial charge < -0.3 is 28.8 Å². The summed E-state index contributed by atoms with van der Waals surface area (Å²) in [6, 6.07) is 10.2. The van der Waals surface area contributed by atoms with Gasteiger partial charge in [0.15, 0.2) is 0 Å². The number of nitrogens with zero attached hydrogens (tertiary/aromatic N) is 6. The van der Waals surface area contributed by atoms with Gasteiger partial charge in [0.2, 0.25) is 11.8 Å². The number of benzene rings is 1. The first-order valence-electron chi connectivity index (χ1n) is 13.5. The summed E-state index contributed by atoms with van der Waals surface area (Å²) < 4.78 is 15.9. The van der Waals surface area contributed by atoms with Gasteiger partial charge in [-0.1, -0.05) is 11.9 Å². The van der Waals surface area contributed by atoms with Gasteiger partial charge in [0.1, 0.15) is 5.82 Å². The van der Waals surface area contributed by atoms with Crippen molar-refractivity contribution in [3.05, 3.63) is 36.5 Å². The van der Waals surface area contributed by atoms with E-state index in [0.29, 0.717) is 23.6 Å². The summed E-state index contributed by atoms with van der Waals surface area (Å²) in [6.07, 6.45) is 5.16. The minimum absolute atomic E-state index is 0.132. The molecule has 2 fully saturated rings. The lowest BCUT2D eigenvalue weighted by atomic mass is 10.0. The van der Waals surface area contributed by atoms with Crippen LogP contribution in [-0.4, -0.2) is 96.1 Å². The van der Waals surface area contributed by atoms with E-state index in [2.05, 4.69) is 46.7 Å². The second-order valence-corrected chi connectivity index (χ2v) is 10.9. The van der Waals surface area contributed by atoms with Crippen LogP contribution in [0, 0.1) is 0 Å². The smallest absolute Gasteiger partial charge is 0.250 e. The summed E-state index contributed by atoms with van der Waals surface area (Å²) in [7, 11) is 0. The Bertz CT molecular complexity index is 1210. The summed E-state index contributed by atoms with van der Waals surface area (Å²) in [4.78, 5) is 11.9. The number of rotatable bonds is 4. The summed E-state index contributed by atoms with van der Waals surface area (Å²) in [5.41, 5.74) is 3.84. The fourth-order valence-corrected chi connectivity index (χ4v) is 5.88. The monoisotopic (exact) mass is 537 g/mol. The first-order valence-corrected chi connectivity index (χ1v) is 14.5. The van der Waals surface area contributed by atoms with E-state index in [9.17, 15) is 0 Å². The molecule has 0 spiro atoms. The maximum atomic E-state index is 9.16. The van der Waals surface area contributed by atoms with Crippen LogP contribution in [-0.2, 0) is 4.74 Å². The van der Waals surface area contributed by atoms with Crippen LogP contribution in [0.3, 0.4) is 0 Å². The van der Waals surface area contributed by atoms with Gasteiger partial charge in [-0.05, 0) is 49.6 Å². The first-order chi connectivity index (χ1) is 18.8. The van der Waals surface area contributed by atoms with Gasteiger partial charge in [0.05, 0.1) is 24.0 Å². The fourth-order valence-electron chi connectivity index (χ4n) is 5.39. The molecule has 2 saturated heterocycles. The van der Waals surface area contributed by atoms with Gasteiger partial charge in [-0.25, -0.2) is 4.98 Å². The number of hydrogen-bond donors (Lipinski definition) is 2. The number of piperidine rings is 1. The van der Waals surface area contributed by atoms with Crippen molar-refractivity contribution in [2.45, 2.75) is 25.4 Å². The predicted molar refractivity (Wildman–Crippen MR) is 151 cm³/mol. The lowest BCUT2D eigenvalue weighted by Gasteiger charge is -2.36. The van der Waals surface area contributed by atoms with Crippen molar-refractivity contribution >= 4 is 29.1 Å². The number of aromatic nitrogens is 3. The van der Waals surface area contributed by atoms with Crippen LogP contribution in [0.5, 0.6) is 0 Å². The number of anilines is 3. The van der Waals surface area contributed by atoms with Gasteiger partial charge in [0, 0.05) is 75.6 Å². The zero-order chi connectivity index (χ0) is 25.7. The highest BCUT2D eigenvalue weighted by Gasteiger charge is 2.25. The summed E-state index contributed by atoms with van der Waals surface area (Å²) in [5, 5.41) is 18.0. The number of ether oxygens (including phenoxy) is 1. The molecule has 3 aromatic rings. The average Bonchev–Trinajstić information content (AvgIpc) is 3.46. The molecule has 38 heavy (non-hydrogen) atoms. The predicted octanol–water partition coefficient (Wildman–Crippen LogP) is 3.36. The maximum Gasteiger partial charge on any atom is 0.250 e. The van der Waals surface area contributed by atoms with E-state index in [4.69, 9.17) is 14.3 Å². The van der Waals surface area contributed by atoms with Gasteiger partial charge in [-0.3, -0.25) is 4.90 Å². The number of aliphatic hydroxyl groups excluding tert-OH is 1. The third-order valence-electron chi connectivity index (χ3n) is 7.48. The van der Waals surface area contributed by atoms with Crippen molar-refractivity contribution in [2.24, 2.45) is 0 Å². The van der Waals surface area contributed by atoms with E-state index < -0.39 is 0 Å². The molecule has 2 aromatic heterocycles. The lowest BCUT2D eigenvalue weighted by molar-refractivity contribution is 0.0314. The van der Waals surface area contributed by atoms with Crippen molar-refractivity contribution < 1.29 is 14.3 Å². The summed E-state index contributed by atoms with van der Waals surface area (Å²) in [6.45, 7) is 7.78. The van der Waals surface area contributed by atoms with Crippen LogP contribution < -0.4 is 14.5 Å². The molecule has 1 aromatic carbocycles. The van der Waals surface area contributed by atoms with E-state index >= 15 is 0 Å². The van der Waals surface area contributed by atoms with E-state index in [-0.39, 0.29) is 6.61 Å². The van der Waals surface area contributed by atoms with Crippen molar-refractivity contribution in [2.75, 3.05) is 79.3 Å². The molecule has 11 heteroatoms. The van der Waals surface area contributed by atoms with E-state index in [0.717, 1.165) is 100 Å². The molecular weight excluding hydrogens is 502 g/mol. The normalized spacial score (nSPS) is 21.8. The molecule has 9 rings (SSSR count). The number of pyridine rings is 1. The summed E-state index contributed by atoms with van der Waals surface area (Å²) in [5.74, 6) is 2.56.